The second-order valence-corrected chi connectivity index (χ2v) is 5.62. The molecule has 0 radical (unpaired) electrons. The van der Waals surface area contributed by atoms with Crippen molar-refractivity contribution in [3.05, 3.63) is 0 Å². The molecule has 0 saturated carbocycles. The summed E-state index contributed by atoms with van der Waals surface area (Å²) >= 11 is 5.35. The van der Waals surface area contributed by atoms with Crippen LogP contribution in [0.1, 0.15) is 13.8 Å². The van der Waals surface area contributed by atoms with Crippen molar-refractivity contribution in [1.82, 2.24) is 0 Å². The predicted molar refractivity (Wildman–Crippen MR) is 44.3 cm³/mol. The molecule has 0 N–H and O–H groups in total. The summed E-state index contributed by atoms with van der Waals surface area (Å²) < 4.78 is 21.0. The Morgan fingerprint density at radius 1 is 1.45 bits per heavy atom. The fourth-order valence-electron chi connectivity index (χ4n) is 0.823. The Labute approximate surface area is 71.6 Å². The molecule has 1 saturated heterocycles. The summed E-state index contributed by atoms with van der Waals surface area (Å²) in [6.07, 6.45) is 0. The largest absolute Gasteiger partial charge is 0.345 e. The Morgan fingerprint density at radius 3 is 2.27 bits per heavy atom. The standard InChI is InChI=1S/C6H12ClO3P/c1-6(2)3-9-5(10-4-6)11(7)8/h5,11H,3-4H2,1-2H3. The van der Waals surface area contributed by atoms with Gasteiger partial charge in [-0.05, 0) is 0 Å². The van der Waals surface area contributed by atoms with Gasteiger partial charge in [-0.15, -0.1) is 0 Å². The molecule has 0 spiro atoms. The summed E-state index contributed by atoms with van der Waals surface area (Å²) in [5.41, 5.74) is 0.0186. The van der Waals surface area contributed by atoms with Crippen molar-refractivity contribution < 1.29 is 14.0 Å². The van der Waals surface area contributed by atoms with Gasteiger partial charge in [0.25, 0.3) is 0 Å². The summed E-state index contributed by atoms with van der Waals surface area (Å²) in [4.78, 5) is 0. The summed E-state index contributed by atoms with van der Waals surface area (Å²) in [5.74, 6) is 0. The third-order valence-corrected chi connectivity index (χ3v) is 2.67. The van der Waals surface area contributed by atoms with Gasteiger partial charge >= 0.3 is 0 Å². The lowest BCUT2D eigenvalue weighted by molar-refractivity contribution is -0.178. The lowest BCUT2D eigenvalue weighted by atomic mass is 9.96. The molecule has 0 aromatic carbocycles. The molecule has 1 heterocycles. The van der Waals surface area contributed by atoms with Gasteiger partial charge in [-0.3, -0.25) is 0 Å². The normalized spacial score (nSPS) is 28.3. The Bertz CT molecular complexity index is 161. The van der Waals surface area contributed by atoms with E-state index in [0.717, 1.165) is 0 Å². The summed E-state index contributed by atoms with van der Waals surface area (Å²) in [6, 6.07) is -0.672. The molecule has 1 aliphatic heterocycles. The van der Waals surface area contributed by atoms with Crippen LogP contribution >= 0.6 is 18.4 Å². The molecule has 0 amide bonds. The second kappa shape index (κ2) is 3.44. The first-order valence-corrected chi connectivity index (χ1v) is 5.94. The molecular weight excluding hydrogens is 186 g/mol. The van der Waals surface area contributed by atoms with Crippen LogP contribution in [-0.2, 0) is 14.0 Å². The minimum Gasteiger partial charge on any atom is -0.345 e. The SMILES string of the molecule is CC1(C)COC([PH](=O)Cl)OC1. The first-order chi connectivity index (χ1) is 5.01. The van der Waals surface area contributed by atoms with E-state index in [0.29, 0.717) is 13.2 Å². The van der Waals surface area contributed by atoms with Crippen molar-refractivity contribution >= 4 is 18.4 Å². The number of hydrogen-bond donors (Lipinski definition) is 0. The maximum Gasteiger partial charge on any atom is 0.222 e. The summed E-state index contributed by atoms with van der Waals surface area (Å²) in [6.45, 7) is 5.16. The van der Waals surface area contributed by atoms with E-state index < -0.39 is 13.2 Å². The zero-order valence-corrected chi connectivity index (χ0v) is 8.35. The van der Waals surface area contributed by atoms with Crippen LogP contribution in [0.2, 0.25) is 0 Å². The molecule has 1 unspecified atom stereocenters. The Hall–Kier alpha value is 0.440. The van der Waals surface area contributed by atoms with Gasteiger partial charge in [0.2, 0.25) is 13.2 Å². The maximum atomic E-state index is 10.7. The molecule has 1 rings (SSSR count). The molecule has 11 heavy (non-hydrogen) atoms. The van der Waals surface area contributed by atoms with Crippen LogP contribution in [0.25, 0.3) is 0 Å². The first-order valence-electron chi connectivity index (χ1n) is 3.44. The Balaban J connectivity index is 2.42. The molecule has 1 fully saturated rings. The summed E-state index contributed by atoms with van der Waals surface area (Å²) in [7, 11) is -2.21. The van der Waals surface area contributed by atoms with Crippen molar-refractivity contribution in [2.75, 3.05) is 13.2 Å². The van der Waals surface area contributed by atoms with Crippen molar-refractivity contribution in [1.29, 1.82) is 0 Å². The van der Waals surface area contributed by atoms with Crippen LogP contribution in [0.5, 0.6) is 0 Å². The van der Waals surface area contributed by atoms with Crippen LogP contribution < -0.4 is 0 Å². The molecule has 0 aromatic rings. The van der Waals surface area contributed by atoms with Crippen LogP contribution in [-0.4, -0.2) is 19.2 Å². The van der Waals surface area contributed by atoms with E-state index in [1.165, 1.54) is 0 Å². The van der Waals surface area contributed by atoms with E-state index in [1.807, 2.05) is 13.8 Å². The van der Waals surface area contributed by atoms with E-state index in [9.17, 15) is 4.57 Å². The Kier molecular flexibility index (Phi) is 2.98. The van der Waals surface area contributed by atoms with E-state index in [-0.39, 0.29) is 5.41 Å². The highest BCUT2D eigenvalue weighted by atomic mass is 35.7. The van der Waals surface area contributed by atoms with Crippen LogP contribution in [0.4, 0.5) is 0 Å². The quantitative estimate of drug-likeness (QED) is 0.605. The minimum absolute atomic E-state index is 0.0186. The third kappa shape index (κ3) is 2.75. The highest BCUT2D eigenvalue weighted by Crippen LogP contribution is 2.39. The smallest absolute Gasteiger partial charge is 0.222 e. The van der Waals surface area contributed by atoms with Crippen molar-refractivity contribution in [3.63, 3.8) is 0 Å². The molecule has 1 atom stereocenters. The van der Waals surface area contributed by atoms with E-state index in [4.69, 9.17) is 20.7 Å². The highest BCUT2D eigenvalue weighted by molar-refractivity contribution is 7.74. The van der Waals surface area contributed by atoms with Gasteiger partial charge in [0, 0.05) is 5.41 Å². The lowest BCUT2D eigenvalue weighted by Gasteiger charge is -2.33. The predicted octanol–water partition coefficient (Wildman–Crippen LogP) is 2.06. The van der Waals surface area contributed by atoms with Crippen LogP contribution in [0, 0.1) is 5.41 Å². The number of hydrogen-bond acceptors (Lipinski definition) is 3. The van der Waals surface area contributed by atoms with Crippen LogP contribution in [0.3, 0.4) is 0 Å². The zero-order chi connectivity index (χ0) is 8.48. The molecule has 1 aliphatic rings. The van der Waals surface area contributed by atoms with Crippen molar-refractivity contribution in [3.8, 4) is 0 Å². The molecule has 5 heteroatoms. The van der Waals surface area contributed by atoms with Gasteiger partial charge in [-0.1, -0.05) is 25.1 Å². The van der Waals surface area contributed by atoms with Gasteiger partial charge in [-0.25, -0.2) is 0 Å². The molecular formula is C6H12ClO3P. The Morgan fingerprint density at radius 2 is 1.91 bits per heavy atom. The second-order valence-electron chi connectivity index (χ2n) is 3.42. The van der Waals surface area contributed by atoms with E-state index in [1.54, 1.807) is 0 Å². The van der Waals surface area contributed by atoms with Crippen LogP contribution in [0.15, 0.2) is 0 Å². The maximum absolute atomic E-state index is 10.7. The average Bonchev–Trinajstić information content (AvgIpc) is 1.86. The van der Waals surface area contributed by atoms with Gasteiger partial charge in [0.1, 0.15) is 0 Å². The number of ether oxygens (including phenoxy) is 2. The first kappa shape index (κ1) is 9.53. The van der Waals surface area contributed by atoms with Crippen molar-refractivity contribution in [2.45, 2.75) is 19.9 Å². The molecule has 0 aromatic heterocycles. The monoisotopic (exact) mass is 198 g/mol. The van der Waals surface area contributed by atoms with Gasteiger partial charge < -0.3 is 14.0 Å². The van der Waals surface area contributed by atoms with E-state index >= 15 is 0 Å². The van der Waals surface area contributed by atoms with Gasteiger partial charge in [-0.2, -0.15) is 0 Å². The molecule has 3 nitrogen and oxygen atoms in total. The van der Waals surface area contributed by atoms with Crippen molar-refractivity contribution in [2.24, 2.45) is 5.41 Å². The number of halogens is 1. The van der Waals surface area contributed by atoms with Gasteiger partial charge in [0.15, 0.2) is 0 Å². The summed E-state index contributed by atoms with van der Waals surface area (Å²) in [5, 5.41) is 0. The van der Waals surface area contributed by atoms with Gasteiger partial charge in [0.05, 0.1) is 13.2 Å². The highest BCUT2D eigenvalue weighted by Gasteiger charge is 2.30. The lowest BCUT2D eigenvalue weighted by Crippen LogP contribution is -2.35. The minimum atomic E-state index is -2.21. The molecule has 0 bridgehead atoms. The zero-order valence-electron chi connectivity index (χ0n) is 6.59. The van der Waals surface area contributed by atoms with E-state index in [2.05, 4.69) is 0 Å². The third-order valence-electron chi connectivity index (χ3n) is 1.44. The average molecular weight is 199 g/mol. The molecule has 66 valence electrons. The molecule has 0 aliphatic carbocycles. The fraction of sp³-hybridized carbons (Fsp3) is 1.00. The topological polar surface area (TPSA) is 35.5 Å². The number of rotatable bonds is 1. The fourth-order valence-corrected chi connectivity index (χ4v) is 1.63.